The van der Waals surface area contributed by atoms with Crippen molar-refractivity contribution in [3.63, 3.8) is 0 Å². The van der Waals surface area contributed by atoms with E-state index in [0.29, 0.717) is 5.69 Å². The molecule has 1 unspecified atom stereocenters. The molecule has 1 atom stereocenters. The summed E-state index contributed by atoms with van der Waals surface area (Å²) in [6, 6.07) is 6.75. The zero-order valence-corrected chi connectivity index (χ0v) is 9.22. The molecule has 0 saturated heterocycles. The maximum atomic E-state index is 12.1. The summed E-state index contributed by atoms with van der Waals surface area (Å²) in [5, 5.41) is 9.06. The van der Waals surface area contributed by atoms with E-state index in [-0.39, 0.29) is 4.90 Å². The fraction of sp³-hybridized carbons (Fsp3) is 0.250. The van der Waals surface area contributed by atoms with Crippen LogP contribution in [0.4, 0.5) is 5.69 Å². The second kappa shape index (κ2) is 2.92. The van der Waals surface area contributed by atoms with Crippen LogP contribution in [0.1, 0.15) is 0 Å². The van der Waals surface area contributed by atoms with Gasteiger partial charge in [-0.05, 0) is 12.1 Å². The van der Waals surface area contributed by atoms with Crippen LogP contribution < -0.4 is 10.5 Å². The molecule has 1 aromatic rings. The number of hydrazine groups is 1. The monoisotopic (exact) mass is 239 g/mol. The zero-order chi connectivity index (χ0) is 11.3. The maximum absolute atomic E-state index is 12.1. The lowest BCUT2D eigenvalue weighted by atomic mass is 10.3. The Morgan fingerprint density at radius 1 is 1.38 bits per heavy atom. The Labute approximate surface area is 92.4 Å². The van der Waals surface area contributed by atoms with Crippen molar-refractivity contribution in [3.8, 4) is 0 Å². The summed E-state index contributed by atoms with van der Waals surface area (Å²) in [5.41, 5.74) is 3.23. The van der Waals surface area contributed by atoms with Crippen molar-refractivity contribution in [1.82, 2.24) is 9.84 Å². The summed E-state index contributed by atoms with van der Waals surface area (Å²) in [7, 11) is -2.00. The predicted molar refractivity (Wildman–Crippen MR) is 55.6 cm³/mol. The number of benzene rings is 1. The Morgan fingerprint density at radius 3 is 2.94 bits per heavy atom. The quantitative estimate of drug-likeness (QED) is 0.706. The third-order valence-electron chi connectivity index (χ3n) is 2.65. The third-order valence-corrected chi connectivity index (χ3v) is 4.50. The average molecular weight is 239 g/mol. The van der Waals surface area contributed by atoms with E-state index in [1.54, 1.807) is 29.3 Å². The summed E-state index contributed by atoms with van der Waals surface area (Å²) in [6.07, 6.45) is -0.639. The minimum atomic E-state index is -3.48. The molecule has 8 heteroatoms. The van der Waals surface area contributed by atoms with Gasteiger partial charge in [0.25, 0.3) is 0 Å². The summed E-state index contributed by atoms with van der Waals surface area (Å²) >= 11 is 0. The first-order valence-corrected chi connectivity index (χ1v) is 6.08. The molecule has 0 spiro atoms. The molecule has 2 aliphatic rings. The van der Waals surface area contributed by atoms with Crippen molar-refractivity contribution in [2.45, 2.75) is 11.2 Å². The van der Waals surface area contributed by atoms with Crippen molar-refractivity contribution in [2.75, 3.05) is 12.1 Å². The molecular weight excluding hydrogens is 230 g/mol. The third kappa shape index (κ3) is 1.02. The Hall–Kier alpha value is -1.67. The van der Waals surface area contributed by atoms with Gasteiger partial charge in [0.2, 0.25) is 16.3 Å². The van der Waals surface area contributed by atoms with E-state index in [9.17, 15) is 8.42 Å². The lowest BCUT2D eigenvalue weighted by Gasteiger charge is -2.35. The van der Waals surface area contributed by atoms with Gasteiger partial charge < -0.3 is 0 Å². The van der Waals surface area contributed by atoms with Crippen LogP contribution in [0.3, 0.4) is 0 Å². The number of hydrogen-bond donors (Lipinski definition) is 1. The molecule has 2 heterocycles. The fourth-order valence-electron chi connectivity index (χ4n) is 1.80. The van der Waals surface area contributed by atoms with Crippen LogP contribution in [-0.4, -0.2) is 26.1 Å². The van der Waals surface area contributed by atoms with E-state index in [1.165, 1.54) is 11.4 Å². The first kappa shape index (κ1) is 9.55. The van der Waals surface area contributed by atoms with Crippen LogP contribution in [0.15, 0.2) is 39.5 Å². The molecule has 1 aromatic carbocycles. The Bertz CT molecular complexity index is 570. The molecule has 0 radical (unpaired) electrons. The summed E-state index contributed by atoms with van der Waals surface area (Å²) in [4.78, 5) is 0.258. The van der Waals surface area contributed by atoms with Crippen LogP contribution in [0.2, 0.25) is 0 Å². The van der Waals surface area contributed by atoms with Gasteiger partial charge in [0.15, 0.2) is 0 Å². The SMILES string of the molecule is CN1C2N=NNN2c2ccccc2S1(=O)=O. The summed E-state index contributed by atoms with van der Waals surface area (Å²) in [5.74, 6) is 0. The zero-order valence-electron chi connectivity index (χ0n) is 8.40. The summed E-state index contributed by atoms with van der Waals surface area (Å²) < 4.78 is 25.4. The van der Waals surface area contributed by atoms with Gasteiger partial charge in [-0.2, -0.15) is 9.84 Å². The normalized spacial score (nSPS) is 26.1. The summed E-state index contributed by atoms with van der Waals surface area (Å²) in [6.45, 7) is 0. The van der Waals surface area contributed by atoms with Gasteiger partial charge in [-0.25, -0.2) is 13.4 Å². The molecule has 0 saturated carbocycles. The van der Waals surface area contributed by atoms with Crippen LogP contribution in [0.25, 0.3) is 0 Å². The molecule has 0 amide bonds. The number of fused-ring (bicyclic) bond motifs is 3. The Kier molecular flexibility index (Phi) is 1.74. The number of nitrogens with zero attached hydrogens (tertiary/aromatic N) is 4. The number of anilines is 1. The van der Waals surface area contributed by atoms with Crippen LogP contribution in [0.5, 0.6) is 0 Å². The first-order valence-electron chi connectivity index (χ1n) is 4.64. The lowest BCUT2D eigenvalue weighted by molar-refractivity contribution is 0.357. The molecular formula is C8H9N5O2S. The molecule has 0 aromatic heterocycles. The van der Waals surface area contributed by atoms with Crippen molar-refractivity contribution in [3.05, 3.63) is 24.3 Å². The van der Waals surface area contributed by atoms with Gasteiger partial charge in [0.1, 0.15) is 4.90 Å². The Morgan fingerprint density at radius 2 is 2.12 bits per heavy atom. The smallest absolute Gasteiger partial charge is 0.228 e. The van der Waals surface area contributed by atoms with E-state index in [4.69, 9.17) is 0 Å². The molecule has 0 fully saturated rings. The van der Waals surface area contributed by atoms with Crippen LogP contribution in [0, 0.1) is 0 Å². The predicted octanol–water partition coefficient (Wildman–Crippen LogP) is 0.296. The van der Waals surface area contributed by atoms with Crippen molar-refractivity contribution >= 4 is 15.7 Å². The van der Waals surface area contributed by atoms with Crippen LogP contribution in [-0.2, 0) is 10.0 Å². The minimum Gasteiger partial charge on any atom is -0.228 e. The molecule has 1 N–H and O–H groups in total. The van der Waals surface area contributed by atoms with Crippen LogP contribution >= 0.6 is 0 Å². The van der Waals surface area contributed by atoms with E-state index in [0.717, 1.165) is 0 Å². The van der Waals surface area contributed by atoms with Gasteiger partial charge in [-0.1, -0.05) is 17.4 Å². The first-order chi connectivity index (χ1) is 7.62. The molecule has 84 valence electrons. The van der Waals surface area contributed by atoms with E-state index >= 15 is 0 Å². The van der Waals surface area contributed by atoms with E-state index < -0.39 is 16.3 Å². The topological polar surface area (TPSA) is 77.4 Å². The maximum Gasteiger partial charge on any atom is 0.248 e. The average Bonchev–Trinajstić information content (AvgIpc) is 2.75. The van der Waals surface area contributed by atoms with Crippen molar-refractivity contribution < 1.29 is 8.42 Å². The second-order valence-electron chi connectivity index (χ2n) is 3.52. The van der Waals surface area contributed by atoms with Crippen molar-refractivity contribution in [2.24, 2.45) is 10.3 Å². The molecule has 7 nitrogen and oxygen atoms in total. The molecule has 3 rings (SSSR count). The van der Waals surface area contributed by atoms with Gasteiger partial charge in [-0.3, -0.25) is 0 Å². The number of hydrogen-bond acceptors (Lipinski definition) is 6. The highest BCUT2D eigenvalue weighted by atomic mass is 32.2. The minimum absolute atomic E-state index is 0.258. The second-order valence-corrected chi connectivity index (χ2v) is 5.49. The molecule has 2 aliphatic heterocycles. The highest BCUT2D eigenvalue weighted by molar-refractivity contribution is 7.89. The van der Waals surface area contributed by atoms with Gasteiger partial charge in [0, 0.05) is 7.05 Å². The molecule has 0 bridgehead atoms. The number of para-hydroxylation sites is 1. The number of rotatable bonds is 0. The molecule has 16 heavy (non-hydrogen) atoms. The van der Waals surface area contributed by atoms with E-state index in [2.05, 4.69) is 15.9 Å². The number of sulfonamides is 1. The van der Waals surface area contributed by atoms with Gasteiger partial charge in [0.05, 0.1) is 5.69 Å². The van der Waals surface area contributed by atoms with Gasteiger partial charge >= 0.3 is 0 Å². The number of nitrogens with one attached hydrogen (secondary N) is 1. The lowest BCUT2D eigenvalue weighted by Crippen LogP contribution is -2.53. The highest BCUT2D eigenvalue weighted by Gasteiger charge is 2.42. The highest BCUT2D eigenvalue weighted by Crippen LogP contribution is 2.35. The standard InChI is InChI=1S/C8H9N5O2S/c1-12-8-9-10-11-13(8)6-4-2-3-5-7(6)16(12,14)15/h2-5,8H,1H3,(H,9,11). The van der Waals surface area contributed by atoms with Gasteiger partial charge in [-0.15, -0.1) is 5.11 Å². The fourth-order valence-corrected chi connectivity index (χ4v) is 3.17. The van der Waals surface area contributed by atoms with E-state index in [1.807, 2.05) is 0 Å². The largest absolute Gasteiger partial charge is 0.248 e. The molecule has 0 aliphatic carbocycles. The Balaban J connectivity index is 2.29. The van der Waals surface area contributed by atoms with Crippen molar-refractivity contribution in [1.29, 1.82) is 0 Å².